The monoisotopic (exact) mass is 429 g/mol. The lowest BCUT2D eigenvalue weighted by Crippen LogP contribution is -2.43. The summed E-state index contributed by atoms with van der Waals surface area (Å²) in [4.78, 5) is 31.3. The Morgan fingerprint density at radius 2 is 1.87 bits per heavy atom. The second-order valence-corrected chi connectivity index (χ2v) is 7.22. The van der Waals surface area contributed by atoms with E-state index in [4.69, 9.17) is 5.73 Å². The Hall–Kier alpha value is -3.82. The summed E-state index contributed by atoms with van der Waals surface area (Å²) >= 11 is 0. The lowest BCUT2D eigenvalue weighted by atomic mass is 10.1. The van der Waals surface area contributed by atoms with E-state index in [2.05, 4.69) is 10.3 Å². The summed E-state index contributed by atoms with van der Waals surface area (Å²) in [5.74, 6) is -0.672. The summed E-state index contributed by atoms with van der Waals surface area (Å²) in [5.41, 5.74) is 5.81. The number of aromatic nitrogens is 2. The summed E-state index contributed by atoms with van der Waals surface area (Å²) in [6, 6.07) is 8.85. The number of halogens is 3. The number of pyridine rings is 1. The first-order chi connectivity index (χ1) is 14.6. The van der Waals surface area contributed by atoms with Crippen molar-refractivity contribution in [2.45, 2.75) is 19.1 Å². The highest BCUT2D eigenvalue weighted by Crippen LogP contribution is 2.33. The van der Waals surface area contributed by atoms with E-state index < -0.39 is 23.6 Å². The van der Waals surface area contributed by atoms with Crippen molar-refractivity contribution in [3.05, 3.63) is 71.7 Å². The van der Waals surface area contributed by atoms with Crippen LogP contribution < -0.4 is 16.0 Å². The number of alkyl halides is 3. The first kappa shape index (κ1) is 20.5. The molecule has 0 aliphatic carbocycles. The molecule has 2 amide bonds. The van der Waals surface area contributed by atoms with E-state index in [0.717, 1.165) is 12.1 Å². The minimum atomic E-state index is -4.46. The van der Waals surface area contributed by atoms with E-state index in [1.165, 1.54) is 29.3 Å². The van der Waals surface area contributed by atoms with Crippen LogP contribution in [0, 0.1) is 0 Å². The third-order valence-corrected chi connectivity index (χ3v) is 5.08. The summed E-state index contributed by atoms with van der Waals surface area (Å²) in [6.45, 7) is 2.12. The normalized spacial score (nSPS) is 16.2. The van der Waals surface area contributed by atoms with Gasteiger partial charge in [0.1, 0.15) is 11.5 Å². The van der Waals surface area contributed by atoms with Gasteiger partial charge < -0.3 is 20.5 Å². The maximum Gasteiger partial charge on any atom is 0.416 e. The summed E-state index contributed by atoms with van der Waals surface area (Å²) < 4.78 is 40.3. The van der Waals surface area contributed by atoms with Crippen molar-refractivity contribution in [2.75, 3.05) is 22.5 Å². The highest BCUT2D eigenvalue weighted by atomic mass is 19.4. The van der Waals surface area contributed by atoms with E-state index in [1.54, 1.807) is 22.9 Å². The number of fused-ring (bicyclic) bond motifs is 1. The molecule has 7 nitrogen and oxygen atoms in total. The zero-order chi connectivity index (χ0) is 22.3. The van der Waals surface area contributed by atoms with Crippen molar-refractivity contribution >= 4 is 29.0 Å². The van der Waals surface area contributed by atoms with Crippen LogP contribution in [0.1, 0.15) is 39.4 Å². The van der Waals surface area contributed by atoms with Gasteiger partial charge in [-0.3, -0.25) is 9.59 Å². The van der Waals surface area contributed by atoms with Crippen LogP contribution in [0.15, 0.2) is 54.9 Å². The fraction of sp³-hybridized carbons (Fsp3) is 0.190. The third-order valence-electron chi connectivity index (χ3n) is 5.08. The van der Waals surface area contributed by atoms with E-state index in [-0.39, 0.29) is 23.8 Å². The number of amides is 2. The average molecular weight is 429 g/mol. The molecule has 4 rings (SSSR count). The van der Waals surface area contributed by atoms with Gasteiger partial charge in [0.05, 0.1) is 23.0 Å². The molecule has 31 heavy (non-hydrogen) atoms. The van der Waals surface area contributed by atoms with Gasteiger partial charge in [0.15, 0.2) is 0 Å². The van der Waals surface area contributed by atoms with Crippen LogP contribution in [-0.2, 0) is 6.18 Å². The number of benzene rings is 1. The molecule has 1 aliphatic heterocycles. The SMILES string of the molecule is C[C@H]1CN(c2ccc(C(F)(F)F)cc2)C(=O)c2c(C(=O)Nc3ccc(N)nc3)ccn21. The molecule has 3 aromatic rings. The predicted molar refractivity (Wildman–Crippen MR) is 109 cm³/mol. The quantitative estimate of drug-likeness (QED) is 0.659. The molecule has 0 spiro atoms. The fourth-order valence-electron chi connectivity index (χ4n) is 3.52. The molecule has 0 fully saturated rings. The number of rotatable bonds is 3. The highest BCUT2D eigenvalue weighted by Gasteiger charge is 2.35. The van der Waals surface area contributed by atoms with Gasteiger partial charge >= 0.3 is 6.18 Å². The van der Waals surface area contributed by atoms with E-state index in [1.807, 2.05) is 6.92 Å². The van der Waals surface area contributed by atoms with Gasteiger partial charge in [-0.25, -0.2) is 4.98 Å². The molecule has 3 N–H and O–H groups in total. The average Bonchev–Trinajstić information content (AvgIpc) is 3.18. The van der Waals surface area contributed by atoms with Crippen LogP contribution in [-0.4, -0.2) is 27.9 Å². The van der Waals surface area contributed by atoms with Crippen molar-refractivity contribution in [3.63, 3.8) is 0 Å². The van der Waals surface area contributed by atoms with Crippen LogP contribution >= 0.6 is 0 Å². The minimum absolute atomic E-state index is 0.158. The van der Waals surface area contributed by atoms with E-state index in [0.29, 0.717) is 17.2 Å². The molecule has 0 radical (unpaired) electrons. The molecule has 1 aliphatic rings. The molecular weight excluding hydrogens is 411 g/mol. The van der Waals surface area contributed by atoms with Crippen molar-refractivity contribution in [3.8, 4) is 0 Å². The fourth-order valence-corrected chi connectivity index (χ4v) is 3.52. The van der Waals surface area contributed by atoms with Crippen LogP contribution in [0.3, 0.4) is 0 Å². The van der Waals surface area contributed by atoms with E-state index in [9.17, 15) is 22.8 Å². The second kappa shape index (κ2) is 7.46. The zero-order valence-corrected chi connectivity index (χ0v) is 16.3. The van der Waals surface area contributed by atoms with Crippen LogP contribution in [0.4, 0.5) is 30.4 Å². The summed E-state index contributed by atoms with van der Waals surface area (Å²) in [6.07, 6.45) is -1.42. The molecule has 1 aromatic carbocycles. The minimum Gasteiger partial charge on any atom is -0.384 e. The first-order valence-corrected chi connectivity index (χ1v) is 9.38. The maximum atomic E-state index is 13.2. The molecule has 0 saturated heterocycles. The van der Waals surface area contributed by atoms with Crippen LogP contribution in [0.25, 0.3) is 0 Å². The Balaban J connectivity index is 1.64. The van der Waals surface area contributed by atoms with Gasteiger partial charge in [-0.05, 0) is 49.4 Å². The molecule has 0 bridgehead atoms. The van der Waals surface area contributed by atoms with Gasteiger partial charge in [-0.2, -0.15) is 13.2 Å². The van der Waals surface area contributed by atoms with Gasteiger partial charge in [-0.15, -0.1) is 0 Å². The largest absolute Gasteiger partial charge is 0.416 e. The maximum absolute atomic E-state index is 13.2. The zero-order valence-electron chi connectivity index (χ0n) is 16.3. The molecular formula is C21H18F3N5O2. The Labute approximate surface area is 175 Å². The van der Waals surface area contributed by atoms with Crippen molar-refractivity contribution in [1.29, 1.82) is 0 Å². The standard InChI is InChI=1S/C21H18F3N5O2/c1-12-11-29(15-5-2-13(3-6-15)21(22,23)24)20(31)18-16(8-9-28(12)18)19(30)27-14-4-7-17(25)26-10-14/h2-10,12H,11H2,1H3,(H2,25,26)(H,27,30)/t12-/m0/s1. The number of nitrogen functional groups attached to an aromatic ring is 1. The Kier molecular flexibility index (Phi) is 4.92. The van der Waals surface area contributed by atoms with Crippen molar-refractivity contribution < 1.29 is 22.8 Å². The van der Waals surface area contributed by atoms with Crippen molar-refractivity contribution in [1.82, 2.24) is 9.55 Å². The Morgan fingerprint density at radius 3 is 2.48 bits per heavy atom. The van der Waals surface area contributed by atoms with Gasteiger partial charge in [0.2, 0.25) is 0 Å². The highest BCUT2D eigenvalue weighted by molar-refractivity contribution is 6.16. The molecule has 0 unspecified atom stereocenters. The number of nitrogens with two attached hydrogens (primary N) is 1. The number of nitrogens with one attached hydrogen (secondary N) is 1. The molecule has 3 heterocycles. The molecule has 0 saturated carbocycles. The molecule has 10 heteroatoms. The van der Waals surface area contributed by atoms with Gasteiger partial charge in [0.25, 0.3) is 11.8 Å². The van der Waals surface area contributed by atoms with Gasteiger partial charge in [0, 0.05) is 24.5 Å². The van der Waals surface area contributed by atoms with Gasteiger partial charge in [-0.1, -0.05) is 0 Å². The topological polar surface area (TPSA) is 93.2 Å². The second-order valence-electron chi connectivity index (χ2n) is 7.22. The lowest BCUT2D eigenvalue weighted by molar-refractivity contribution is -0.137. The smallest absolute Gasteiger partial charge is 0.384 e. The molecule has 160 valence electrons. The predicted octanol–water partition coefficient (Wildman–Crippen LogP) is 3.96. The van der Waals surface area contributed by atoms with Crippen molar-refractivity contribution in [2.24, 2.45) is 0 Å². The lowest BCUT2D eigenvalue weighted by Gasteiger charge is -2.33. The number of hydrogen-bond donors (Lipinski definition) is 2. The number of carbonyl (C=O) groups is 2. The Bertz CT molecular complexity index is 1140. The summed E-state index contributed by atoms with van der Waals surface area (Å²) in [5, 5.41) is 2.67. The van der Waals surface area contributed by atoms with Crippen LogP contribution in [0.2, 0.25) is 0 Å². The first-order valence-electron chi connectivity index (χ1n) is 9.38. The number of nitrogens with zero attached hydrogens (tertiary/aromatic N) is 3. The van der Waals surface area contributed by atoms with E-state index >= 15 is 0 Å². The number of hydrogen-bond acceptors (Lipinski definition) is 4. The number of carbonyl (C=O) groups excluding carboxylic acids is 2. The summed E-state index contributed by atoms with van der Waals surface area (Å²) in [7, 11) is 0. The Morgan fingerprint density at radius 1 is 1.16 bits per heavy atom. The number of anilines is 3. The molecule has 1 atom stereocenters. The molecule has 2 aromatic heterocycles. The van der Waals surface area contributed by atoms with Crippen LogP contribution in [0.5, 0.6) is 0 Å². The third kappa shape index (κ3) is 3.83.